The Labute approximate surface area is 152 Å². The molecule has 0 aliphatic heterocycles. The summed E-state index contributed by atoms with van der Waals surface area (Å²) in [5.41, 5.74) is 1.63. The van der Waals surface area contributed by atoms with Crippen LogP contribution in [0.4, 0.5) is 4.79 Å². The smallest absolute Gasteiger partial charge is 0.414 e. The molecule has 2 aromatic heterocycles. The number of hydrogen-bond acceptors (Lipinski definition) is 6. The van der Waals surface area contributed by atoms with Crippen LogP contribution >= 0.6 is 0 Å². The second-order valence-corrected chi connectivity index (χ2v) is 6.94. The number of nitrogens with one attached hydrogen (secondary N) is 1. The Morgan fingerprint density at radius 1 is 1.27 bits per heavy atom. The van der Waals surface area contributed by atoms with Gasteiger partial charge in [0.15, 0.2) is 0 Å². The van der Waals surface area contributed by atoms with Crippen LogP contribution in [-0.2, 0) is 0 Å². The molecule has 1 N–H and O–H groups in total. The van der Waals surface area contributed by atoms with E-state index in [4.69, 9.17) is 9.47 Å². The highest BCUT2D eigenvalue weighted by Crippen LogP contribution is 2.43. The third-order valence-electron chi connectivity index (χ3n) is 4.52. The van der Waals surface area contributed by atoms with Crippen molar-refractivity contribution in [1.29, 1.82) is 0 Å². The summed E-state index contributed by atoms with van der Waals surface area (Å²) in [5, 5.41) is 2.74. The zero-order chi connectivity index (χ0) is 17.9. The molecule has 2 aliphatic rings. The van der Waals surface area contributed by atoms with Gasteiger partial charge in [-0.2, -0.15) is 4.98 Å². The second kappa shape index (κ2) is 7.27. The largest absolute Gasteiger partial charge is 0.476 e. The first-order valence-electron chi connectivity index (χ1n) is 9.08. The molecule has 1 amide bonds. The van der Waals surface area contributed by atoms with Crippen molar-refractivity contribution in [1.82, 2.24) is 20.3 Å². The van der Waals surface area contributed by atoms with Gasteiger partial charge in [-0.05, 0) is 50.7 Å². The molecule has 0 spiro atoms. The van der Waals surface area contributed by atoms with Crippen molar-refractivity contribution in [2.45, 2.75) is 44.6 Å². The predicted molar refractivity (Wildman–Crippen MR) is 94.0 cm³/mol. The fourth-order valence-electron chi connectivity index (χ4n) is 2.65. The fraction of sp³-hybridized carbons (Fsp3) is 0.474. The maximum absolute atomic E-state index is 12.1. The number of amides is 1. The van der Waals surface area contributed by atoms with Crippen molar-refractivity contribution in [3.63, 3.8) is 0 Å². The number of ether oxygens (including phenoxy) is 2. The minimum atomic E-state index is -0.593. The molecule has 26 heavy (non-hydrogen) atoms. The molecule has 136 valence electrons. The topological polar surface area (TPSA) is 86.2 Å². The van der Waals surface area contributed by atoms with Crippen LogP contribution in [0.25, 0.3) is 0 Å². The lowest BCUT2D eigenvalue weighted by Gasteiger charge is -2.14. The molecular formula is C19H22N4O3. The predicted octanol–water partition coefficient (Wildman–Crippen LogP) is 3.39. The van der Waals surface area contributed by atoms with Crippen LogP contribution in [0.1, 0.15) is 56.0 Å². The van der Waals surface area contributed by atoms with Crippen molar-refractivity contribution in [2.24, 2.45) is 5.92 Å². The van der Waals surface area contributed by atoms with E-state index in [1.807, 2.05) is 25.1 Å². The lowest BCUT2D eigenvalue weighted by molar-refractivity contribution is 0.193. The number of carbonyl (C=O) groups excluding carboxylic acids is 1. The zero-order valence-corrected chi connectivity index (χ0v) is 14.7. The fourth-order valence-corrected chi connectivity index (χ4v) is 2.65. The van der Waals surface area contributed by atoms with E-state index >= 15 is 0 Å². The van der Waals surface area contributed by atoms with Crippen molar-refractivity contribution < 1.29 is 14.3 Å². The monoisotopic (exact) mass is 354 g/mol. The molecule has 2 aliphatic carbocycles. The Kier molecular flexibility index (Phi) is 4.69. The van der Waals surface area contributed by atoms with Gasteiger partial charge in [-0.15, -0.1) is 0 Å². The van der Waals surface area contributed by atoms with Gasteiger partial charge in [0.1, 0.15) is 5.69 Å². The number of pyridine rings is 1. The summed E-state index contributed by atoms with van der Waals surface area (Å²) in [6.07, 6.45) is 7.21. The summed E-state index contributed by atoms with van der Waals surface area (Å²) in [6, 6.07) is 5.28. The molecule has 1 atom stereocenters. The van der Waals surface area contributed by atoms with Gasteiger partial charge in [0.2, 0.25) is 11.8 Å². The summed E-state index contributed by atoms with van der Waals surface area (Å²) in [7, 11) is 0. The molecular weight excluding hydrogens is 332 g/mol. The highest BCUT2D eigenvalue weighted by Gasteiger charge is 2.31. The average Bonchev–Trinajstić information content (AvgIpc) is 3.55. The highest BCUT2D eigenvalue weighted by atomic mass is 16.6. The Hall–Kier alpha value is -2.70. The molecule has 2 fully saturated rings. The highest BCUT2D eigenvalue weighted by molar-refractivity contribution is 5.70. The molecule has 2 saturated carbocycles. The van der Waals surface area contributed by atoms with Gasteiger partial charge in [-0.1, -0.05) is 6.07 Å². The first-order valence-corrected chi connectivity index (χ1v) is 9.08. The average molecular weight is 354 g/mol. The van der Waals surface area contributed by atoms with Gasteiger partial charge in [0, 0.05) is 12.1 Å². The number of rotatable bonds is 7. The third kappa shape index (κ3) is 4.28. The normalized spacial score (nSPS) is 17.4. The molecule has 7 nitrogen and oxygen atoms in total. The van der Waals surface area contributed by atoms with E-state index in [9.17, 15) is 4.79 Å². The Morgan fingerprint density at radius 2 is 2.12 bits per heavy atom. The van der Waals surface area contributed by atoms with E-state index in [1.165, 1.54) is 19.0 Å². The molecule has 0 aromatic carbocycles. The lowest BCUT2D eigenvalue weighted by atomic mass is 10.2. The Bertz CT molecular complexity index is 776. The van der Waals surface area contributed by atoms with E-state index in [-0.39, 0.29) is 11.9 Å². The van der Waals surface area contributed by atoms with Gasteiger partial charge < -0.3 is 14.8 Å². The van der Waals surface area contributed by atoms with Crippen LogP contribution in [0.2, 0.25) is 0 Å². The van der Waals surface area contributed by atoms with Gasteiger partial charge in [0.05, 0.1) is 24.5 Å². The second-order valence-electron chi connectivity index (χ2n) is 6.94. The number of aromatic nitrogens is 3. The minimum absolute atomic E-state index is 0.144. The zero-order valence-electron chi connectivity index (χ0n) is 14.7. The standard InChI is InChI=1S/C19H22N4O3/c1-12(15-4-2-3-9-20-15)22-19(24)26-16-10-21-17(14-7-8-14)18(23-16)25-11-13-5-6-13/h2-4,9-10,12-14H,5-8,11H2,1H3,(H,22,24)/t12-/m0/s1. The van der Waals surface area contributed by atoms with Crippen LogP contribution in [0.3, 0.4) is 0 Å². The van der Waals surface area contributed by atoms with E-state index in [0.717, 1.165) is 24.2 Å². The quantitative estimate of drug-likeness (QED) is 0.820. The first-order chi connectivity index (χ1) is 12.7. The Morgan fingerprint density at radius 3 is 2.81 bits per heavy atom. The molecule has 4 rings (SSSR count). The molecule has 2 aromatic rings. The third-order valence-corrected chi connectivity index (χ3v) is 4.52. The van der Waals surface area contributed by atoms with Gasteiger partial charge in [0.25, 0.3) is 0 Å². The molecule has 0 unspecified atom stereocenters. The van der Waals surface area contributed by atoms with E-state index < -0.39 is 6.09 Å². The van der Waals surface area contributed by atoms with Gasteiger partial charge >= 0.3 is 6.09 Å². The lowest BCUT2D eigenvalue weighted by Crippen LogP contribution is -2.30. The van der Waals surface area contributed by atoms with E-state index in [0.29, 0.717) is 24.3 Å². The van der Waals surface area contributed by atoms with Crippen LogP contribution in [0, 0.1) is 5.92 Å². The van der Waals surface area contributed by atoms with Crippen molar-refractivity contribution in [3.8, 4) is 11.8 Å². The number of nitrogens with zero attached hydrogens (tertiary/aromatic N) is 3. The SMILES string of the molecule is C[C@H](NC(=O)Oc1cnc(C2CC2)c(OCC2CC2)n1)c1ccccn1. The summed E-state index contributed by atoms with van der Waals surface area (Å²) >= 11 is 0. The minimum Gasteiger partial charge on any atom is -0.476 e. The van der Waals surface area contributed by atoms with Gasteiger partial charge in [-0.3, -0.25) is 4.98 Å². The number of hydrogen-bond donors (Lipinski definition) is 1. The maximum atomic E-state index is 12.1. The van der Waals surface area contributed by atoms with Crippen LogP contribution in [-0.4, -0.2) is 27.7 Å². The summed E-state index contributed by atoms with van der Waals surface area (Å²) in [5.74, 6) is 1.69. The van der Waals surface area contributed by atoms with Crippen LogP contribution < -0.4 is 14.8 Å². The van der Waals surface area contributed by atoms with E-state index in [1.54, 1.807) is 6.20 Å². The van der Waals surface area contributed by atoms with Crippen LogP contribution in [0.15, 0.2) is 30.6 Å². The molecule has 0 radical (unpaired) electrons. The number of carbonyl (C=O) groups is 1. The van der Waals surface area contributed by atoms with Crippen molar-refractivity contribution >= 4 is 6.09 Å². The molecule has 7 heteroatoms. The summed E-state index contributed by atoms with van der Waals surface area (Å²) in [6.45, 7) is 2.50. The molecule has 2 heterocycles. The first kappa shape index (κ1) is 16.8. The summed E-state index contributed by atoms with van der Waals surface area (Å²) < 4.78 is 11.1. The Balaban J connectivity index is 1.40. The molecule has 0 saturated heterocycles. The van der Waals surface area contributed by atoms with E-state index in [2.05, 4.69) is 20.3 Å². The summed E-state index contributed by atoms with van der Waals surface area (Å²) in [4.78, 5) is 25.2. The van der Waals surface area contributed by atoms with Crippen molar-refractivity contribution in [3.05, 3.63) is 42.0 Å². The van der Waals surface area contributed by atoms with Gasteiger partial charge in [-0.25, -0.2) is 9.78 Å². The molecule has 0 bridgehead atoms. The van der Waals surface area contributed by atoms with Crippen molar-refractivity contribution in [2.75, 3.05) is 6.61 Å². The van der Waals surface area contributed by atoms with Crippen LogP contribution in [0.5, 0.6) is 11.8 Å². The maximum Gasteiger partial charge on any atom is 0.414 e.